The number of imide groups is 1. The molecule has 7 nitrogen and oxygen atoms in total. The summed E-state index contributed by atoms with van der Waals surface area (Å²) in [5.41, 5.74) is -0.773. The standard InChI is InChI=1S/C17H22F3N5O2/c1-2-3-13-15(26)25(16(27)22-13)11-23-6-8-24(9-7-23)14-5-4-12(10-21-14)17(18,19)20/h4-5,10,13H,2-3,6-9,11H2,1H3,(H,22,27)/t13-/m1/s1. The van der Waals surface area contributed by atoms with Gasteiger partial charge >= 0.3 is 12.2 Å². The molecular weight excluding hydrogens is 363 g/mol. The van der Waals surface area contributed by atoms with Crippen LogP contribution in [0.3, 0.4) is 0 Å². The number of piperazine rings is 1. The quantitative estimate of drug-likeness (QED) is 0.784. The van der Waals surface area contributed by atoms with Gasteiger partial charge in [-0.25, -0.2) is 14.7 Å². The van der Waals surface area contributed by atoms with Crippen LogP contribution in [0.15, 0.2) is 18.3 Å². The molecule has 2 fully saturated rings. The SMILES string of the molecule is CCC[C@H]1NC(=O)N(CN2CCN(c3ccc(C(F)(F)F)cn3)CC2)C1=O. The highest BCUT2D eigenvalue weighted by Gasteiger charge is 2.38. The van der Waals surface area contributed by atoms with Crippen molar-refractivity contribution in [3.8, 4) is 0 Å². The Bertz CT molecular complexity index is 687. The van der Waals surface area contributed by atoms with E-state index in [2.05, 4.69) is 10.3 Å². The van der Waals surface area contributed by atoms with E-state index in [1.807, 2.05) is 16.7 Å². The van der Waals surface area contributed by atoms with Crippen LogP contribution in [0.1, 0.15) is 25.3 Å². The molecule has 3 heterocycles. The monoisotopic (exact) mass is 385 g/mol. The number of nitrogens with zero attached hydrogens (tertiary/aromatic N) is 4. The summed E-state index contributed by atoms with van der Waals surface area (Å²) in [5, 5.41) is 2.69. The second-order valence-electron chi connectivity index (χ2n) is 6.71. The number of amides is 3. The largest absolute Gasteiger partial charge is 0.417 e. The Morgan fingerprint density at radius 2 is 1.89 bits per heavy atom. The predicted molar refractivity (Wildman–Crippen MR) is 92.0 cm³/mol. The fourth-order valence-electron chi connectivity index (χ4n) is 3.25. The number of nitrogens with one attached hydrogen (secondary N) is 1. The molecule has 0 aliphatic carbocycles. The molecule has 1 N–H and O–H groups in total. The summed E-state index contributed by atoms with van der Waals surface area (Å²) in [6, 6.07) is 1.58. The topological polar surface area (TPSA) is 68.8 Å². The number of anilines is 1. The molecule has 1 atom stereocenters. The lowest BCUT2D eigenvalue weighted by Gasteiger charge is -2.36. The Morgan fingerprint density at radius 1 is 1.19 bits per heavy atom. The minimum atomic E-state index is -4.40. The maximum Gasteiger partial charge on any atom is 0.417 e. The lowest BCUT2D eigenvalue weighted by molar-refractivity contribution is -0.137. The zero-order chi connectivity index (χ0) is 19.6. The molecule has 0 spiro atoms. The number of pyridine rings is 1. The molecule has 0 bridgehead atoms. The van der Waals surface area contributed by atoms with E-state index in [-0.39, 0.29) is 18.6 Å². The minimum absolute atomic E-state index is 0.200. The minimum Gasteiger partial charge on any atom is -0.354 e. The van der Waals surface area contributed by atoms with E-state index in [9.17, 15) is 22.8 Å². The van der Waals surface area contributed by atoms with Crippen molar-refractivity contribution >= 4 is 17.8 Å². The van der Waals surface area contributed by atoms with E-state index in [1.54, 1.807) is 0 Å². The summed E-state index contributed by atoms with van der Waals surface area (Å²) in [6.45, 7) is 4.45. The van der Waals surface area contributed by atoms with Crippen molar-refractivity contribution in [1.29, 1.82) is 0 Å². The molecule has 3 amide bonds. The highest BCUT2D eigenvalue weighted by Crippen LogP contribution is 2.29. The van der Waals surface area contributed by atoms with E-state index in [0.717, 1.165) is 18.7 Å². The molecule has 2 saturated heterocycles. The maximum absolute atomic E-state index is 12.6. The molecule has 2 aliphatic heterocycles. The van der Waals surface area contributed by atoms with Crippen LogP contribution in [-0.4, -0.2) is 65.6 Å². The molecule has 0 radical (unpaired) electrons. The number of rotatable bonds is 5. The Morgan fingerprint density at radius 3 is 2.44 bits per heavy atom. The predicted octanol–water partition coefficient (Wildman–Crippen LogP) is 1.90. The van der Waals surface area contributed by atoms with Gasteiger partial charge in [-0.1, -0.05) is 13.3 Å². The van der Waals surface area contributed by atoms with Crippen LogP contribution in [0.25, 0.3) is 0 Å². The van der Waals surface area contributed by atoms with Crippen molar-refractivity contribution in [3.05, 3.63) is 23.9 Å². The third-order valence-electron chi connectivity index (χ3n) is 4.80. The Hall–Kier alpha value is -2.36. The van der Waals surface area contributed by atoms with Gasteiger partial charge in [-0.3, -0.25) is 9.69 Å². The first kappa shape index (κ1) is 19.4. The van der Waals surface area contributed by atoms with E-state index in [4.69, 9.17) is 0 Å². The fourth-order valence-corrected chi connectivity index (χ4v) is 3.25. The van der Waals surface area contributed by atoms with Crippen molar-refractivity contribution in [2.24, 2.45) is 0 Å². The van der Waals surface area contributed by atoms with Crippen molar-refractivity contribution in [1.82, 2.24) is 20.1 Å². The Balaban J connectivity index is 1.53. The number of alkyl halides is 3. The van der Waals surface area contributed by atoms with Crippen molar-refractivity contribution in [3.63, 3.8) is 0 Å². The average Bonchev–Trinajstić information content (AvgIpc) is 2.90. The molecule has 148 valence electrons. The normalized spacial score (nSPS) is 21.7. The first-order valence-corrected chi connectivity index (χ1v) is 8.92. The van der Waals surface area contributed by atoms with Crippen LogP contribution in [0.2, 0.25) is 0 Å². The fraction of sp³-hybridized carbons (Fsp3) is 0.588. The van der Waals surface area contributed by atoms with Gasteiger partial charge in [0.25, 0.3) is 5.91 Å². The molecule has 1 aromatic heterocycles. The third kappa shape index (κ3) is 4.32. The van der Waals surface area contributed by atoms with Gasteiger partial charge in [0.05, 0.1) is 12.2 Å². The molecule has 0 aromatic carbocycles. The van der Waals surface area contributed by atoms with Gasteiger partial charge in [-0.2, -0.15) is 13.2 Å². The van der Waals surface area contributed by atoms with Crippen LogP contribution < -0.4 is 10.2 Å². The highest BCUT2D eigenvalue weighted by atomic mass is 19.4. The summed E-state index contributed by atoms with van der Waals surface area (Å²) in [4.78, 5) is 33.3. The van der Waals surface area contributed by atoms with Crippen molar-refractivity contribution < 1.29 is 22.8 Å². The third-order valence-corrected chi connectivity index (χ3v) is 4.80. The smallest absolute Gasteiger partial charge is 0.354 e. The van der Waals surface area contributed by atoms with Crippen molar-refractivity contribution in [2.75, 3.05) is 37.7 Å². The number of hydrogen-bond donors (Lipinski definition) is 1. The summed E-state index contributed by atoms with van der Waals surface area (Å²) in [5.74, 6) is 0.286. The zero-order valence-electron chi connectivity index (χ0n) is 15.0. The number of hydrogen-bond acceptors (Lipinski definition) is 5. The van der Waals surface area contributed by atoms with Crippen LogP contribution in [0.4, 0.5) is 23.8 Å². The lowest BCUT2D eigenvalue weighted by Crippen LogP contribution is -2.51. The Labute approximate surface area is 155 Å². The second-order valence-corrected chi connectivity index (χ2v) is 6.71. The molecular formula is C17H22F3N5O2. The number of carbonyl (C=O) groups excluding carboxylic acids is 2. The van der Waals surface area contributed by atoms with Crippen LogP contribution in [-0.2, 0) is 11.0 Å². The van der Waals surface area contributed by atoms with Gasteiger partial charge in [-0.05, 0) is 18.6 Å². The summed E-state index contributed by atoms with van der Waals surface area (Å²) in [6.07, 6.45) is -2.14. The second kappa shape index (κ2) is 7.71. The van der Waals surface area contributed by atoms with E-state index in [1.165, 1.54) is 11.0 Å². The molecule has 2 aliphatic rings. The van der Waals surface area contributed by atoms with Gasteiger partial charge in [-0.15, -0.1) is 0 Å². The van der Waals surface area contributed by atoms with Crippen LogP contribution in [0, 0.1) is 0 Å². The first-order valence-electron chi connectivity index (χ1n) is 8.92. The van der Waals surface area contributed by atoms with E-state index >= 15 is 0 Å². The van der Waals surface area contributed by atoms with Gasteiger partial charge in [0.2, 0.25) is 0 Å². The van der Waals surface area contributed by atoms with E-state index < -0.39 is 17.8 Å². The van der Waals surface area contributed by atoms with Gasteiger partial charge in [0.1, 0.15) is 11.9 Å². The van der Waals surface area contributed by atoms with Gasteiger partial charge in [0.15, 0.2) is 0 Å². The summed E-state index contributed by atoms with van der Waals surface area (Å²) < 4.78 is 37.9. The zero-order valence-corrected chi connectivity index (χ0v) is 15.0. The first-order chi connectivity index (χ1) is 12.8. The van der Waals surface area contributed by atoms with Gasteiger partial charge < -0.3 is 10.2 Å². The lowest BCUT2D eigenvalue weighted by atomic mass is 10.2. The molecule has 1 aromatic rings. The number of aromatic nitrogens is 1. The molecule has 10 heteroatoms. The molecule has 27 heavy (non-hydrogen) atoms. The van der Waals surface area contributed by atoms with Crippen LogP contribution >= 0.6 is 0 Å². The van der Waals surface area contributed by atoms with Crippen LogP contribution in [0.5, 0.6) is 0 Å². The summed E-state index contributed by atoms with van der Waals surface area (Å²) in [7, 11) is 0. The highest BCUT2D eigenvalue weighted by molar-refractivity contribution is 6.04. The summed E-state index contributed by atoms with van der Waals surface area (Å²) >= 11 is 0. The molecule has 3 rings (SSSR count). The molecule has 0 unspecified atom stereocenters. The van der Waals surface area contributed by atoms with E-state index in [0.29, 0.717) is 38.4 Å². The number of halogens is 3. The Kier molecular flexibility index (Phi) is 5.54. The maximum atomic E-state index is 12.6. The number of carbonyl (C=O) groups is 2. The van der Waals surface area contributed by atoms with Crippen molar-refractivity contribution in [2.45, 2.75) is 32.0 Å². The number of urea groups is 1. The average molecular weight is 385 g/mol. The molecule has 0 saturated carbocycles. The van der Waals surface area contributed by atoms with Gasteiger partial charge in [0, 0.05) is 32.4 Å².